The van der Waals surface area contributed by atoms with E-state index in [2.05, 4.69) is 17.6 Å². The van der Waals surface area contributed by atoms with Crippen LogP contribution in [0.3, 0.4) is 0 Å². The molecule has 0 aliphatic carbocycles. The number of halogens is 1. The van der Waals surface area contributed by atoms with Crippen LogP contribution in [0.1, 0.15) is 39.0 Å². The van der Waals surface area contributed by atoms with Crippen LogP contribution in [0.4, 0.5) is 10.1 Å². The zero-order valence-corrected chi connectivity index (χ0v) is 11.7. The Morgan fingerprint density at radius 2 is 1.85 bits per heavy atom. The number of anilines is 1. The van der Waals surface area contributed by atoms with Crippen LogP contribution in [-0.4, -0.2) is 18.4 Å². The van der Waals surface area contributed by atoms with Gasteiger partial charge >= 0.3 is 0 Å². The number of hydrogen-bond donors (Lipinski definition) is 2. The van der Waals surface area contributed by atoms with E-state index in [0.717, 1.165) is 25.7 Å². The average molecular weight is 280 g/mol. The summed E-state index contributed by atoms with van der Waals surface area (Å²) in [6, 6.07) is 5.91. The van der Waals surface area contributed by atoms with E-state index in [0.29, 0.717) is 6.42 Å². The molecule has 0 fully saturated rings. The monoisotopic (exact) mass is 280 g/mol. The number of para-hydroxylation sites is 1. The molecule has 0 spiro atoms. The maximum Gasteiger partial charge on any atom is 0.243 e. The van der Waals surface area contributed by atoms with Gasteiger partial charge in [0.2, 0.25) is 11.8 Å². The Morgan fingerprint density at radius 1 is 1.10 bits per heavy atom. The van der Waals surface area contributed by atoms with Crippen LogP contribution in [0, 0.1) is 5.82 Å². The fourth-order valence-corrected chi connectivity index (χ4v) is 1.74. The number of unbranched alkanes of at least 4 members (excludes halogenated alkanes) is 3. The summed E-state index contributed by atoms with van der Waals surface area (Å²) in [4.78, 5) is 23.0. The Kier molecular flexibility index (Phi) is 7.32. The molecule has 1 aromatic rings. The van der Waals surface area contributed by atoms with Crippen molar-refractivity contribution in [2.75, 3.05) is 11.9 Å². The van der Waals surface area contributed by atoms with Gasteiger partial charge in [0.1, 0.15) is 5.82 Å². The number of carbonyl (C=O) groups excluding carboxylic acids is 2. The van der Waals surface area contributed by atoms with Crippen LogP contribution < -0.4 is 10.6 Å². The quantitative estimate of drug-likeness (QED) is 0.719. The highest BCUT2D eigenvalue weighted by Crippen LogP contribution is 2.11. The molecule has 0 unspecified atom stereocenters. The van der Waals surface area contributed by atoms with Gasteiger partial charge in [0.15, 0.2) is 0 Å². The third-order valence-corrected chi connectivity index (χ3v) is 2.85. The lowest BCUT2D eigenvalue weighted by Crippen LogP contribution is -2.32. The normalized spacial score (nSPS) is 10.1. The molecule has 4 nitrogen and oxygen atoms in total. The second kappa shape index (κ2) is 9.07. The predicted octanol–water partition coefficient (Wildman–Crippen LogP) is 2.85. The molecule has 110 valence electrons. The minimum absolute atomic E-state index is 0.120. The second-order valence-electron chi connectivity index (χ2n) is 4.62. The zero-order valence-electron chi connectivity index (χ0n) is 11.7. The first-order chi connectivity index (χ1) is 9.63. The Hall–Kier alpha value is -1.91. The SMILES string of the molecule is CCCCCCC(=O)NCC(=O)Nc1ccccc1F. The molecule has 20 heavy (non-hydrogen) atoms. The molecular formula is C15H21FN2O2. The van der Waals surface area contributed by atoms with E-state index in [1.54, 1.807) is 12.1 Å². The van der Waals surface area contributed by atoms with Crippen molar-refractivity contribution in [1.82, 2.24) is 5.32 Å². The highest BCUT2D eigenvalue weighted by atomic mass is 19.1. The fraction of sp³-hybridized carbons (Fsp3) is 0.467. The maximum absolute atomic E-state index is 13.3. The van der Waals surface area contributed by atoms with Crippen molar-refractivity contribution in [1.29, 1.82) is 0 Å². The summed E-state index contributed by atoms with van der Waals surface area (Å²) in [6.07, 6.45) is 4.50. The van der Waals surface area contributed by atoms with Crippen LogP contribution >= 0.6 is 0 Å². The highest BCUT2D eigenvalue weighted by molar-refractivity contribution is 5.94. The lowest BCUT2D eigenvalue weighted by molar-refractivity contribution is -0.124. The summed E-state index contributed by atoms with van der Waals surface area (Å²) < 4.78 is 13.3. The van der Waals surface area contributed by atoms with Gasteiger partial charge in [0.05, 0.1) is 12.2 Å². The van der Waals surface area contributed by atoms with Crippen LogP contribution in [0.5, 0.6) is 0 Å². The summed E-state index contributed by atoms with van der Waals surface area (Å²) >= 11 is 0. The van der Waals surface area contributed by atoms with Gasteiger partial charge in [-0.2, -0.15) is 0 Å². The molecule has 2 amide bonds. The van der Waals surface area contributed by atoms with Crippen molar-refractivity contribution in [3.63, 3.8) is 0 Å². The number of hydrogen-bond acceptors (Lipinski definition) is 2. The minimum Gasteiger partial charge on any atom is -0.347 e. The molecule has 0 aromatic heterocycles. The average Bonchev–Trinajstić information content (AvgIpc) is 2.44. The largest absolute Gasteiger partial charge is 0.347 e. The van der Waals surface area contributed by atoms with Gasteiger partial charge in [-0.3, -0.25) is 9.59 Å². The molecule has 0 saturated heterocycles. The third kappa shape index (κ3) is 6.31. The van der Waals surface area contributed by atoms with Gasteiger partial charge in [0.25, 0.3) is 0 Å². The lowest BCUT2D eigenvalue weighted by atomic mass is 10.1. The summed E-state index contributed by atoms with van der Waals surface area (Å²) in [5.41, 5.74) is 0.120. The predicted molar refractivity (Wildman–Crippen MR) is 76.8 cm³/mol. The fourth-order valence-electron chi connectivity index (χ4n) is 1.74. The van der Waals surface area contributed by atoms with Gasteiger partial charge < -0.3 is 10.6 Å². The first-order valence-electron chi connectivity index (χ1n) is 6.94. The van der Waals surface area contributed by atoms with Crippen molar-refractivity contribution in [3.8, 4) is 0 Å². The Bertz CT molecular complexity index is 449. The number of amides is 2. The minimum atomic E-state index is -0.494. The lowest BCUT2D eigenvalue weighted by Gasteiger charge is -2.07. The Balaban J connectivity index is 2.23. The van der Waals surface area contributed by atoms with Crippen LogP contribution in [0.2, 0.25) is 0 Å². The van der Waals surface area contributed by atoms with E-state index < -0.39 is 11.7 Å². The first kappa shape index (κ1) is 16.1. The molecule has 1 aromatic carbocycles. The summed E-state index contributed by atoms with van der Waals surface area (Å²) in [5, 5.41) is 4.94. The molecule has 0 heterocycles. The van der Waals surface area contributed by atoms with E-state index in [4.69, 9.17) is 0 Å². The molecule has 5 heteroatoms. The molecule has 2 N–H and O–H groups in total. The van der Waals surface area contributed by atoms with Gasteiger partial charge in [-0.25, -0.2) is 4.39 Å². The molecular weight excluding hydrogens is 259 g/mol. The summed E-state index contributed by atoms with van der Waals surface area (Å²) in [7, 11) is 0. The van der Waals surface area contributed by atoms with Crippen LogP contribution in [0.25, 0.3) is 0 Å². The Labute approximate surface area is 118 Å². The smallest absolute Gasteiger partial charge is 0.243 e. The summed E-state index contributed by atoms with van der Waals surface area (Å²) in [6.45, 7) is 1.97. The maximum atomic E-state index is 13.3. The number of benzene rings is 1. The van der Waals surface area contributed by atoms with E-state index in [1.165, 1.54) is 12.1 Å². The van der Waals surface area contributed by atoms with Gasteiger partial charge in [-0.1, -0.05) is 38.3 Å². The second-order valence-corrected chi connectivity index (χ2v) is 4.62. The van der Waals surface area contributed by atoms with Gasteiger partial charge in [0, 0.05) is 6.42 Å². The van der Waals surface area contributed by atoms with E-state index in [9.17, 15) is 14.0 Å². The van der Waals surface area contributed by atoms with Crippen molar-refractivity contribution >= 4 is 17.5 Å². The molecule has 0 atom stereocenters. The summed E-state index contributed by atoms with van der Waals surface area (Å²) in [5.74, 6) is -1.08. The number of carbonyl (C=O) groups is 2. The third-order valence-electron chi connectivity index (χ3n) is 2.85. The number of nitrogens with one attached hydrogen (secondary N) is 2. The van der Waals surface area contributed by atoms with Crippen molar-refractivity contribution in [2.45, 2.75) is 39.0 Å². The van der Waals surface area contributed by atoms with Crippen molar-refractivity contribution < 1.29 is 14.0 Å². The molecule has 0 aliphatic rings. The highest BCUT2D eigenvalue weighted by Gasteiger charge is 2.08. The van der Waals surface area contributed by atoms with E-state index >= 15 is 0 Å². The topological polar surface area (TPSA) is 58.2 Å². The molecule has 0 aliphatic heterocycles. The molecule has 0 saturated carbocycles. The molecule has 0 bridgehead atoms. The van der Waals surface area contributed by atoms with Crippen LogP contribution in [-0.2, 0) is 9.59 Å². The van der Waals surface area contributed by atoms with Crippen LogP contribution in [0.15, 0.2) is 24.3 Å². The van der Waals surface area contributed by atoms with Gasteiger partial charge in [-0.15, -0.1) is 0 Å². The standard InChI is InChI=1S/C15H21FN2O2/c1-2-3-4-5-10-14(19)17-11-15(20)18-13-9-7-6-8-12(13)16/h6-9H,2-5,10-11H2,1H3,(H,17,19)(H,18,20). The zero-order chi connectivity index (χ0) is 14.8. The Morgan fingerprint density at radius 3 is 2.55 bits per heavy atom. The molecule has 0 radical (unpaired) electrons. The molecule has 1 rings (SSSR count). The first-order valence-corrected chi connectivity index (χ1v) is 6.94. The van der Waals surface area contributed by atoms with Gasteiger partial charge in [-0.05, 0) is 18.6 Å². The van der Waals surface area contributed by atoms with Crippen molar-refractivity contribution in [3.05, 3.63) is 30.1 Å². The van der Waals surface area contributed by atoms with E-state index in [1.807, 2.05) is 0 Å². The van der Waals surface area contributed by atoms with Crippen molar-refractivity contribution in [2.24, 2.45) is 0 Å². The van der Waals surface area contributed by atoms with E-state index in [-0.39, 0.29) is 18.1 Å². The number of rotatable bonds is 8.